The molecular formula is C19H44NO5P. The van der Waals surface area contributed by atoms with E-state index in [1.807, 2.05) is 7.11 Å². The summed E-state index contributed by atoms with van der Waals surface area (Å²) in [5.41, 5.74) is 3.89. The first-order chi connectivity index (χ1) is 12.3. The summed E-state index contributed by atoms with van der Waals surface area (Å²) in [5.74, 6) is 0. The Hall–Kier alpha value is 0.0300. The van der Waals surface area contributed by atoms with Gasteiger partial charge in [-0.3, -0.25) is 4.57 Å². The summed E-state index contributed by atoms with van der Waals surface area (Å²) in [6.45, 7) is 3.38. The van der Waals surface area contributed by atoms with E-state index in [1.54, 1.807) is 0 Å². The molecule has 5 N–H and O–H groups in total. The van der Waals surface area contributed by atoms with Crippen LogP contribution in [0.25, 0.3) is 0 Å². The van der Waals surface area contributed by atoms with Gasteiger partial charge in [0.25, 0.3) is 7.82 Å². The lowest BCUT2D eigenvalue weighted by Crippen LogP contribution is -2.50. The number of hydrogen-bond acceptors (Lipinski definition) is 3. The SMILES string of the molecule is CCCCCCC(CCCCCCCCCCC[NH3+])OC.O=P([O-])(O)O. The lowest BCUT2D eigenvalue weighted by atomic mass is 10.0. The number of methoxy groups -OCH3 is 1. The van der Waals surface area contributed by atoms with E-state index in [2.05, 4.69) is 12.7 Å². The Kier molecular flexibility index (Phi) is 23.2. The average molecular weight is 398 g/mol. The van der Waals surface area contributed by atoms with Crippen LogP contribution in [0.5, 0.6) is 0 Å². The monoisotopic (exact) mass is 397 g/mol. The second-order valence-electron chi connectivity index (χ2n) is 7.02. The fraction of sp³-hybridized carbons (Fsp3) is 1.00. The molecular weight excluding hydrogens is 353 g/mol. The molecule has 0 aliphatic heterocycles. The zero-order valence-corrected chi connectivity index (χ0v) is 18.1. The first kappa shape index (κ1) is 28.2. The minimum Gasteiger partial charge on any atom is -0.756 e. The number of unbranched alkanes of at least 4 members (excludes halogenated alkanes) is 11. The van der Waals surface area contributed by atoms with Gasteiger partial charge in [-0.25, -0.2) is 0 Å². The zero-order chi connectivity index (χ0) is 20.1. The number of phosphoric acid groups is 1. The van der Waals surface area contributed by atoms with Crippen molar-refractivity contribution in [3.8, 4) is 0 Å². The average Bonchev–Trinajstić information content (AvgIpc) is 2.57. The third-order valence-corrected chi connectivity index (χ3v) is 4.49. The maximum Gasteiger partial charge on any atom is 0.262 e. The smallest absolute Gasteiger partial charge is 0.262 e. The molecule has 0 amide bonds. The van der Waals surface area contributed by atoms with E-state index in [0.717, 1.165) is 6.54 Å². The number of quaternary nitrogens is 1. The minimum absolute atomic E-state index is 0.518. The van der Waals surface area contributed by atoms with E-state index >= 15 is 0 Å². The second kappa shape index (κ2) is 21.3. The van der Waals surface area contributed by atoms with Gasteiger partial charge in [-0.2, -0.15) is 0 Å². The molecule has 7 heteroatoms. The standard InChI is InChI=1S/C19H41NO.H3O4P/c1-3-4-5-13-16-19(21-2)17-14-11-9-7-6-8-10-12-15-18-20;1-5(2,3)4/h19H,3-18,20H2,1-2H3;(H3,1,2,3,4). The van der Waals surface area contributed by atoms with Crippen molar-refractivity contribution in [2.24, 2.45) is 0 Å². The van der Waals surface area contributed by atoms with Crippen molar-refractivity contribution in [1.82, 2.24) is 0 Å². The van der Waals surface area contributed by atoms with Gasteiger partial charge in [-0.1, -0.05) is 77.6 Å². The molecule has 0 aromatic carbocycles. The Morgan fingerprint density at radius 3 is 1.54 bits per heavy atom. The lowest BCUT2D eigenvalue weighted by Gasteiger charge is -2.15. The maximum atomic E-state index is 8.77. The van der Waals surface area contributed by atoms with E-state index in [-0.39, 0.29) is 0 Å². The van der Waals surface area contributed by atoms with Crippen LogP contribution in [0, 0.1) is 0 Å². The van der Waals surface area contributed by atoms with Crippen LogP contribution in [0.15, 0.2) is 0 Å². The Morgan fingerprint density at radius 1 is 0.846 bits per heavy atom. The first-order valence-corrected chi connectivity index (χ1v) is 12.0. The van der Waals surface area contributed by atoms with Gasteiger partial charge in [0.15, 0.2) is 0 Å². The largest absolute Gasteiger partial charge is 0.756 e. The van der Waals surface area contributed by atoms with Gasteiger partial charge in [-0.15, -0.1) is 0 Å². The van der Waals surface area contributed by atoms with E-state index in [1.165, 1.54) is 96.3 Å². The van der Waals surface area contributed by atoms with E-state index < -0.39 is 7.82 Å². The van der Waals surface area contributed by atoms with Gasteiger partial charge < -0.3 is 25.2 Å². The molecule has 0 radical (unpaired) electrons. The molecule has 0 rings (SSSR count). The topological polar surface area (TPSA) is 117 Å². The molecule has 0 saturated carbocycles. The highest BCUT2D eigenvalue weighted by molar-refractivity contribution is 7.43. The van der Waals surface area contributed by atoms with Crippen LogP contribution < -0.4 is 10.6 Å². The molecule has 0 spiro atoms. The van der Waals surface area contributed by atoms with Crippen LogP contribution in [0.1, 0.15) is 103 Å². The van der Waals surface area contributed by atoms with Crippen molar-refractivity contribution in [1.29, 1.82) is 0 Å². The van der Waals surface area contributed by atoms with Crippen LogP contribution in [0.4, 0.5) is 0 Å². The van der Waals surface area contributed by atoms with Crippen LogP contribution in [-0.4, -0.2) is 29.5 Å². The molecule has 0 aliphatic carbocycles. The number of hydrogen-bond donors (Lipinski definition) is 3. The highest BCUT2D eigenvalue weighted by Gasteiger charge is 2.06. The number of ether oxygens (including phenoxy) is 1. The number of rotatable bonds is 17. The zero-order valence-electron chi connectivity index (χ0n) is 17.2. The fourth-order valence-corrected chi connectivity index (χ4v) is 2.97. The molecule has 26 heavy (non-hydrogen) atoms. The molecule has 0 heterocycles. The molecule has 0 aromatic rings. The Labute approximate surface area is 161 Å². The summed E-state index contributed by atoms with van der Waals surface area (Å²) < 4.78 is 14.4. The van der Waals surface area contributed by atoms with Crippen molar-refractivity contribution in [2.45, 2.75) is 109 Å². The van der Waals surface area contributed by atoms with Gasteiger partial charge in [0, 0.05) is 7.11 Å². The highest BCUT2D eigenvalue weighted by Crippen LogP contribution is 2.19. The predicted molar refractivity (Wildman–Crippen MR) is 106 cm³/mol. The van der Waals surface area contributed by atoms with Crippen LogP contribution in [0.2, 0.25) is 0 Å². The second-order valence-corrected chi connectivity index (χ2v) is 8.00. The van der Waals surface area contributed by atoms with Crippen LogP contribution in [0.3, 0.4) is 0 Å². The maximum absolute atomic E-state index is 8.77. The van der Waals surface area contributed by atoms with Gasteiger partial charge >= 0.3 is 0 Å². The minimum atomic E-state index is -4.89. The normalized spacial score (nSPS) is 12.5. The predicted octanol–water partition coefficient (Wildman–Crippen LogP) is 3.55. The Balaban J connectivity index is 0. The molecule has 1 atom stereocenters. The lowest BCUT2D eigenvalue weighted by molar-refractivity contribution is -0.368. The summed E-state index contributed by atoms with van der Waals surface area (Å²) in [6.07, 6.45) is 21.1. The van der Waals surface area contributed by atoms with Crippen molar-refractivity contribution >= 4 is 7.82 Å². The molecule has 160 valence electrons. The molecule has 0 aromatic heterocycles. The molecule has 0 bridgehead atoms. The Bertz CT molecular complexity index is 304. The van der Waals surface area contributed by atoms with Gasteiger partial charge in [0.1, 0.15) is 0 Å². The molecule has 1 unspecified atom stereocenters. The van der Waals surface area contributed by atoms with Crippen molar-refractivity contribution in [2.75, 3.05) is 13.7 Å². The van der Waals surface area contributed by atoms with E-state index in [0.29, 0.717) is 6.10 Å². The summed E-state index contributed by atoms with van der Waals surface area (Å²) >= 11 is 0. The van der Waals surface area contributed by atoms with Gasteiger partial charge in [0.05, 0.1) is 12.6 Å². The summed E-state index contributed by atoms with van der Waals surface area (Å²) in [7, 11) is -3.00. The van der Waals surface area contributed by atoms with E-state index in [9.17, 15) is 0 Å². The summed E-state index contributed by atoms with van der Waals surface area (Å²) in [6, 6.07) is 0. The third-order valence-electron chi connectivity index (χ3n) is 4.49. The van der Waals surface area contributed by atoms with Crippen molar-refractivity contribution in [3.63, 3.8) is 0 Å². The van der Waals surface area contributed by atoms with Crippen LogP contribution >= 0.6 is 7.82 Å². The molecule has 0 fully saturated rings. The first-order valence-electron chi connectivity index (χ1n) is 10.4. The van der Waals surface area contributed by atoms with Crippen molar-refractivity contribution < 1.29 is 29.7 Å². The quantitative estimate of drug-likeness (QED) is 0.256. The van der Waals surface area contributed by atoms with E-state index in [4.69, 9.17) is 24.0 Å². The molecule has 0 aliphatic rings. The summed E-state index contributed by atoms with van der Waals surface area (Å²) in [5, 5.41) is 0. The third kappa shape index (κ3) is 31.8. The fourth-order valence-electron chi connectivity index (χ4n) is 2.97. The van der Waals surface area contributed by atoms with Gasteiger partial charge in [0.2, 0.25) is 0 Å². The Morgan fingerprint density at radius 2 is 1.19 bits per heavy atom. The van der Waals surface area contributed by atoms with Gasteiger partial charge in [-0.05, 0) is 25.7 Å². The van der Waals surface area contributed by atoms with Crippen LogP contribution in [-0.2, 0) is 9.30 Å². The highest BCUT2D eigenvalue weighted by atomic mass is 31.2. The summed E-state index contributed by atoms with van der Waals surface area (Å²) in [4.78, 5) is 22.9. The molecule has 6 nitrogen and oxygen atoms in total. The van der Waals surface area contributed by atoms with Crippen molar-refractivity contribution in [3.05, 3.63) is 0 Å². The molecule has 0 saturated heterocycles.